The number of nitrogens with zero attached hydrogens (tertiary/aromatic N) is 1. The molecule has 0 aliphatic carbocycles. The molecule has 0 N–H and O–H groups in total. The van der Waals surface area contributed by atoms with Crippen molar-refractivity contribution in [2.75, 3.05) is 13.3 Å². The molecule has 0 heterocycles. The van der Waals surface area contributed by atoms with Gasteiger partial charge in [-0.05, 0) is 26.5 Å². The minimum Gasteiger partial charge on any atom is -0.298 e. The molecular formula is C16H29NO2SSi. The third kappa shape index (κ3) is 5.24. The van der Waals surface area contributed by atoms with Crippen molar-refractivity contribution < 1.29 is 8.42 Å². The molecule has 1 aromatic rings. The lowest BCUT2D eigenvalue weighted by molar-refractivity contribution is 0.245. The van der Waals surface area contributed by atoms with Gasteiger partial charge in [0.05, 0.1) is 13.3 Å². The highest BCUT2D eigenvalue weighted by Gasteiger charge is 2.25. The third-order valence-corrected chi connectivity index (χ3v) is 8.11. The highest BCUT2D eigenvalue weighted by Crippen LogP contribution is 2.13. The van der Waals surface area contributed by atoms with E-state index < -0.39 is 17.9 Å². The van der Waals surface area contributed by atoms with E-state index in [9.17, 15) is 8.42 Å². The number of benzene rings is 1. The molecule has 0 spiro atoms. The quantitative estimate of drug-likeness (QED) is 0.753. The Kier molecular flexibility index (Phi) is 5.81. The van der Waals surface area contributed by atoms with E-state index in [-0.39, 0.29) is 11.3 Å². The zero-order chi connectivity index (χ0) is 16.4. The Hall–Kier alpha value is -0.653. The number of hydrogen-bond acceptors (Lipinski definition) is 3. The second-order valence-corrected chi connectivity index (χ2v) is 14.6. The van der Waals surface area contributed by atoms with Gasteiger partial charge in [0.25, 0.3) is 0 Å². The lowest BCUT2D eigenvalue weighted by atomic mass is 10.1. The fourth-order valence-corrected chi connectivity index (χ4v) is 4.35. The van der Waals surface area contributed by atoms with Crippen LogP contribution in [-0.2, 0) is 16.4 Å². The minimum absolute atomic E-state index is 0.00309. The lowest BCUT2D eigenvalue weighted by Crippen LogP contribution is -2.41. The van der Waals surface area contributed by atoms with Crippen LogP contribution in [-0.4, -0.2) is 46.0 Å². The summed E-state index contributed by atoms with van der Waals surface area (Å²) in [4.78, 5) is 2.11. The molecule has 0 aromatic heterocycles. The first-order valence-corrected chi connectivity index (χ1v) is 12.9. The van der Waals surface area contributed by atoms with Crippen LogP contribution in [0.4, 0.5) is 0 Å². The molecule has 1 aromatic carbocycles. The summed E-state index contributed by atoms with van der Waals surface area (Å²) in [5, 5.41) is 1.09. The van der Waals surface area contributed by atoms with Gasteiger partial charge in [-0.25, -0.2) is 8.42 Å². The average molecular weight is 328 g/mol. The first kappa shape index (κ1) is 18.4. The fraction of sp³-hybridized carbons (Fsp3) is 0.625. The van der Waals surface area contributed by atoms with Crippen molar-refractivity contribution in [2.24, 2.45) is 0 Å². The second-order valence-electron chi connectivity index (χ2n) is 7.14. The first-order valence-electron chi connectivity index (χ1n) is 7.41. The zero-order valence-electron chi connectivity index (χ0n) is 14.3. The van der Waals surface area contributed by atoms with Gasteiger partial charge in [0.15, 0.2) is 9.84 Å². The minimum atomic E-state index is -3.00. The van der Waals surface area contributed by atoms with Crippen LogP contribution in [0.5, 0.6) is 0 Å². The molecule has 0 bridgehead atoms. The van der Waals surface area contributed by atoms with E-state index in [0.29, 0.717) is 0 Å². The molecule has 0 fully saturated rings. The summed E-state index contributed by atoms with van der Waals surface area (Å²) in [6.07, 6.45) is 1.31. The van der Waals surface area contributed by atoms with Crippen LogP contribution in [0, 0.1) is 0 Å². The van der Waals surface area contributed by atoms with E-state index in [2.05, 4.69) is 48.8 Å². The second kappa shape index (κ2) is 6.63. The van der Waals surface area contributed by atoms with Gasteiger partial charge in [0.1, 0.15) is 0 Å². The first-order chi connectivity index (χ1) is 9.43. The Bertz CT molecular complexity index is 561. The van der Waals surface area contributed by atoms with E-state index in [0.717, 1.165) is 6.54 Å². The molecule has 1 rings (SSSR count). The molecule has 0 radical (unpaired) electrons. The van der Waals surface area contributed by atoms with Crippen molar-refractivity contribution in [3.63, 3.8) is 0 Å². The molecule has 0 saturated heterocycles. The third-order valence-electron chi connectivity index (χ3n) is 4.30. The van der Waals surface area contributed by atoms with Crippen molar-refractivity contribution in [3.05, 3.63) is 29.8 Å². The van der Waals surface area contributed by atoms with Crippen LogP contribution >= 0.6 is 0 Å². The van der Waals surface area contributed by atoms with Gasteiger partial charge in [-0.1, -0.05) is 49.1 Å². The molecule has 0 aliphatic heterocycles. The summed E-state index contributed by atoms with van der Waals surface area (Å²) in [5.41, 5.74) is 1.23. The Balaban J connectivity index is 2.77. The van der Waals surface area contributed by atoms with Crippen LogP contribution in [0.2, 0.25) is 19.6 Å². The van der Waals surface area contributed by atoms with Gasteiger partial charge >= 0.3 is 0 Å². The largest absolute Gasteiger partial charge is 0.298 e. The van der Waals surface area contributed by atoms with Gasteiger partial charge in [-0.15, -0.1) is 0 Å². The summed E-state index contributed by atoms with van der Waals surface area (Å²) < 4.78 is 23.3. The van der Waals surface area contributed by atoms with E-state index in [1.165, 1.54) is 17.0 Å². The maximum absolute atomic E-state index is 11.7. The Morgan fingerprint density at radius 3 is 1.95 bits per heavy atom. The Morgan fingerprint density at radius 1 is 1.10 bits per heavy atom. The van der Waals surface area contributed by atoms with Gasteiger partial charge < -0.3 is 0 Å². The number of hydrogen-bond donors (Lipinski definition) is 0. The van der Waals surface area contributed by atoms with E-state index in [1.54, 1.807) is 6.92 Å². The van der Waals surface area contributed by atoms with E-state index >= 15 is 0 Å². The van der Waals surface area contributed by atoms with Crippen molar-refractivity contribution in [2.45, 2.75) is 51.3 Å². The molecule has 21 heavy (non-hydrogen) atoms. The molecule has 0 amide bonds. The van der Waals surface area contributed by atoms with E-state index in [1.807, 2.05) is 14.0 Å². The van der Waals surface area contributed by atoms with Crippen molar-refractivity contribution >= 4 is 23.1 Å². The highest BCUT2D eigenvalue weighted by molar-refractivity contribution is 7.91. The van der Waals surface area contributed by atoms with Crippen molar-refractivity contribution in [1.82, 2.24) is 4.90 Å². The molecule has 2 atom stereocenters. The van der Waals surface area contributed by atoms with Gasteiger partial charge in [0, 0.05) is 18.8 Å². The molecule has 5 heteroatoms. The predicted octanol–water partition coefficient (Wildman–Crippen LogP) is 2.49. The van der Waals surface area contributed by atoms with E-state index in [4.69, 9.17) is 0 Å². The van der Waals surface area contributed by atoms with Gasteiger partial charge in [-0.3, -0.25) is 4.90 Å². The molecule has 3 nitrogen and oxygen atoms in total. The lowest BCUT2D eigenvalue weighted by Gasteiger charge is -2.29. The maximum Gasteiger partial charge on any atom is 0.151 e. The summed E-state index contributed by atoms with van der Waals surface area (Å²) in [7, 11) is -2.27. The Morgan fingerprint density at radius 2 is 1.57 bits per heavy atom. The fourth-order valence-electron chi connectivity index (χ4n) is 2.26. The molecule has 120 valence electrons. The van der Waals surface area contributed by atoms with Crippen LogP contribution in [0.15, 0.2) is 24.3 Å². The monoisotopic (exact) mass is 327 g/mol. The van der Waals surface area contributed by atoms with Gasteiger partial charge in [0.2, 0.25) is 0 Å². The summed E-state index contributed by atoms with van der Waals surface area (Å²) in [6, 6.07) is 8.78. The van der Waals surface area contributed by atoms with Crippen LogP contribution in [0.3, 0.4) is 0 Å². The standard InChI is InChI=1S/C16H29NO2SSi/c1-13(14(2)20(4,18)19)17(3)12-15-8-10-16(11-9-15)21(5,6)7/h8-11,13-14H,12H2,1-7H3/t13-,14-/m1/s1. The van der Waals surface area contributed by atoms with Crippen LogP contribution < -0.4 is 5.19 Å². The molecular weight excluding hydrogens is 298 g/mol. The van der Waals surface area contributed by atoms with Crippen molar-refractivity contribution in [1.29, 1.82) is 0 Å². The van der Waals surface area contributed by atoms with Gasteiger partial charge in [-0.2, -0.15) is 0 Å². The SMILES string of the molecule is C[C@H]([C@@H](C)S(C)(=O)=O)N(C)Cc1ccc([Si](C)(C)C)cc1. The van der Waals surface area contributed by atoms with Crippen LogP contribution in [0.25, 0.3) is 0 Å². The normalized spacial score (nSPS) is 16.0. The average Bonchev–Trinajstić information content (AvgIpc) is 2.35. The maximum atomic E-state index is 11.7. The molecule has 0 saturated carbocycles. The molecule has 0 aliphatic rings. The summed E-state index contributed by atoms with van der Waals surface area (Å²) in [5.74, 6) is 0. The highest BCUT2D eigenvalue weighted by atomic mass is 32.2. The Labute approximate surface area is 131 Å². The summed E-state index contributed by atoms with van der Waals surface area (Å²) in [6.45, 7) is 11.5. The summed E-state index contributed by atoms with van der Waals surface area (Å²) >= 11 is 0. The number of rotatable bonds is 6. The number of sulfone groups is 1. The predicted molar refractivity (Wildman–Crippen MR) is 94.7 cm³/mol. The van der Waals surface area contributed by atoms with Crippen LogP contribution in [0.1, 0.15) is 19.4 Å². The topological polar surface area (TPSA) is 37.4 Å². The smallest absolute Gasteiger partial charge is 0.151 e. The molecule has 0 unspecified atom stereocenters. The van der Waals surface area contributed by atoms with Crippen molar-refractivity contribution in [3.8, 4) is 0 Å². The zero-order valence-corrected chi connectivity index (χ0v) is 16.2.